The number of halogens is 1. The van der Waals surface area contributed by atoms with Crippen LogP contribution >= 0.6 is 15.9 Å². The molecule has 7 heteroatoms. The van der Waals surface area contributed by atoms with E-state index >= 15 is 0 Å². The largest absolute Gasteiger partial charge is 0.505 e. The lowest BCUT2D eigenvalue weighted by atomic mass is 10.3. The van der Waals surface area contributed by atoms with Crippen LogP contribution in [-0.2, 0) is 18.5 Å². The van der Waals surface area contributed by atoms with Crippen molar-refractivity contribution < 1.29 is 9.84 Å². The number of hydrogen-bond acceptors (Lipinski definition) is 3. The van der Waals surface area contributed by atoms with E-state index in [1.54, 1.807) is 17.7 Å². The highest BCUT2D eigenvalue weighted by Crippen LogP contribution is 2.31. The van der Waals surface area contributed by atoms with Gasteiger partial charge >= 0.3 is 5.69 Å². The van der Waals surface area contributed by atoms with Crippen molar-refractivity contribution >= 4 is 35.0 Å². The number of nitrogens with zero attached hydrogens (tertiary/aromatic N) is 2. The van der Waals surface area contributed by atoms with Crippen LogP contribution in [0.5, 0.6) is 5.75 Å². The molecule has 2 aromatic rings. The predicted molar refractivity (Wildman–Crippen MR) is 90.6 cm³/mol. The molecule has 1 aromatic carbocycles. The van der Waals surface area contributed by atoms with Crippen molar-refractivity contribution in [2.45, 2.75) is 32.4 Å². The van der Waals surface area contributed by atoms with Crippen molar-refractivity contribution in [2.75, 3.05) is 6.61 Å². The Balaban J connectivity index is 2.27. The molecule has 0 saturated heterocycles. The van der Waals surface area contributed by atoms with Crippen LogP contribution in [0.2, 0.25) is 25.7 Å². The average molecular weight is 373 g/mol. The molecular formula is C14H21BrN2O3Si. The van der Waals surface area contributed by atoms with Gasteiger partial charge in [0.05, 0.1) is 9.99 Å². The van der Waals surface area contributed by atoms with E-state index < -0.39 is 8.07 Å². The minimum absolute atomic E-state index is 0.0768. The Morgan fingerprint density at radius 3 is 2.62 bits per heavy atom. The van der Waals surface area contributed by atoms with Gasteiger partial charge in [-0.25, -0.2) is 4.79 Å². The Morgan fingerprint density at radius 2 is 2.00 bits per heavy atom. The number of ether oxygens (including phenoxy) is 1. The maximum absolute atomic E-state index is 12.3. The summed E-state index contributed by atoms with van der Waals surface area (Å²) in [6.45, 7) is 7.73. The van der Waals surface area contributed by atoms with Crippen LogP contribution < -0.4 is 5.69 Å². The Bertz CT molecular complexity index is 716. The molecule has 0 unspecified atom stereocenters. The summed E-state index contributed by atoms with van der Waals surface area (Å²) < 4.78 is 9.22. The van der Waals surface area contributed by atoms with E-state index in [0.29, 0.717) is 22.1 Å². The Kier molecular flexibility index (Phi) is 4.65. The molecule has 2 rings (SSSR count). The van der Waals surface area contributed by atoms with Gasteiger partial charge in [0.1, 0.15) is 12.2 Å². The lowest BCUT2D eigenvalue weighted by molar-refractivity contribution is 0.0873. The van der Waals surface area contributed by atoms with Gasteiger partial charge in [-0.15, -0.1) is 0 Å². The number of aromatic nitrogens is 2. The molecule has 5 nitrogen and oxygen atoms in total. The lowest BCUT2D eigenvalue weighted by Crippen LogP contribution is -2.25. The highest BCUT2D eigenvalue weighted by molar-refractivity contribution is 9.10. The molecular weight excluding hydrogens is 352 g/mol. The van der Waals surface area contributed by atoms with Gasteiger partial charge in [-0.3, -0.25) is 9.13 Å². The minimum atomic E-state index is -1.14. The van der Waals surface area contributed by atoms with E-state index in [2.05, 4.69) is 35.6 Å². The molecule has 0 amide bonds. The number of phenols is 1. The van der Waals surface area contributed by atoms with Crippen LogP contribution in [-0.4, -0.2) is 28.9 Å². The summed E-state index contributed by atoms with van der Waals surface area (Å²) in [7, 11) is 0.511. The van der Waals surface area contributed by atoms with Crippen LogP contribution in [0.15, 0.2) is 21.4 Å². The third kappa shape index (κ3) is 3.41. The number of aromatic hydroxyl groups is 1. The van der Waals surface area contributed by atoms with Crippen LogP contribution in [0, 0.1) is 0 Å². The zero-order valence-electron chi connectivity index (χ0n) is 12.8. The van der Waals surface area contributed by atoms with Gasteiger partial charge in [-0.1, -0.05) is 19.6 Å². The first kappa shape index (κ1) is 16.3. The van der Waals surface area contributed by atoms with Gasteiger partial charge in [0, 0.05) is 21.7 Å². The summed E-state index contributed by atoms with van der Waals surface area (Å²) in [5.41, 5.74) is 1.01. The third-order valence-corrected chi connectivity index (χ3v) is 5.79. The number of benzene rings is 1. The van der Waals surface area contributed by atoms with Crippen LogP contribution in [0.3, 0.4) is 0 Å². The molecule has 0 radical (unpaired) electrons. The zero-order valence-corrected chi connectivity index (χ0v) is 15.4. The second-order valence-corrected chi connectivity index (χ2v) is 12.9. The van der Waals surface area contributed by atoms with Crippen molar-refractivity contribution in [1.82, 2.24) is 9.13 Å². The molecule has 0 bridgehead atoms. The molecule has 1 aromatic heterocycles. The molecule has 0 aliphatic rings. The first-order chi connectivity index (χ1) is 9.72. The normalized spacial score (nSPS) is 12.2. The Hall–Kier alpha value is -1.05. The molecule has 116 valence electrons. The monoisotopic (exact) mass is 372 g/mol. The molecule has 0 saturated carbocycles. The first-order valence-corrected chi connectivity index (χ1v) is 11.4. The van der Waals surface area contributed by atoms with E-state index in [4.69, 9.17) is 4.74 Å². The van der Waals surface area contributed by atoms with Gasteiger partial charge in [-0.05, 0) is 34.1 Å². The van der Waals surface area contributed by atoms with Crippen molar-refractivity contribution in [2.24, 2.45) is 7.05 Å². The Labute approximate surface area is 133 Å². The molecule has 0 fully saturated rings. The van der Waals surface area contributed by atoms with Crippen molar-refractivity contribution in [3.63, 3.8) is 0 Å². The highest BCUT2D eigenvalue weighted by Gasteiger charge is 2.16. The van der Waals surface area contributed by atoms with E-state index in [1.165, 1.54) is 4.57 Å². The highest BCUT2D eigenvalue weighted by atomic mass is 79.9. The van der Waals surface area contributed by atoms with Crippen molar-refractivity contribution in [3.8, 4) is 5.75 Å². The standard InChI is InChI=1S/C14H21BrN2O3Si/c1-16-12-11(6-5-10(15)13(12)18)17(14(16)19)9-20-7-8-21(2,3)4/h5-6,18H,7-9H2,1-4H3. The number of fused-ring (bicyclic) bond motifs is 1. The van der Waals surface area contributed by atoms with Gasteiger partial charge in [0.25, 0.3) is 0 Å². The molecule has 21 heavy (non-hydrogen) atoms. The number of hydrogen-bond donors (Lipinski definition) is 1. The van der Waals surface area contributed by atoms with Crippen LogP contribution in [0.25, 0.3) is 11.0 Å². The van der Waals surface area contributed by atoms with Crippen molar-refractivity contribution in [3.05, 3.63) is 27.1 Å². The first-order valence-electron chi connectivity index (χ1n) is 6.87. The van der Waals surface area contributed by atoms with E-state index in [1.807, 2.05) is 6.07 Å². The molecule has 0 aliphatic heterocycles. The van der Waals surface area contributed by atoms with E-state index in [-0.39, 0.29) is 18.2 Å². The maximum atomic E-state index is 12.3. The summed E-state index contributed by atoms with van der Waals surface area (Å²) in [6.07, 6.45) is 0. The summed E-state index contributed by atoms with van der Waals surface area (Å²) in [5.74, 6) is 0.0768. The molecule has 1 heterocycles. The van der Waals surface area contributed by atoms with Crippen LogP contribution in [0.4, 0.5) is 0 Å². The average Bonchev–Trinajstić information content (AvgIpc) is 2.62. The van der Waals surface area contributed by atoms with Gasteiger partial charge < -0.3 is 9.84 Å². The van der Waals surface area contributed by atoms with Crippen LogP contribution in [0.1, 0.15) is 0 Å². The lowest BCUT2D eigenvalue weighted by Gasteiger charge is -2.15. The summed E-state index contributed by atoms with van der Waals surface area (Å²) in [4.78, 5) is 12.3. The van der Waals surface area contributed by atoms with Gasteiger partial charge in [0.2, 0.25) is 0 Å². The number of imidazole rings is 1. The summed E-state index contributed by atoms with van der Waals surface area (Å²) in [6, 6.07) is 4.60. The molecule has 0 atom stereocenters. The second kappa shape index (κ2) is 5.98. The number of phenolic OH excluding ortho intramolecular Hbond substituents is 1. The number of aryl methyl sites for hydroxylation is 1. The predicted octanol–water partition coefficient (Wildman–Crippen LogP) is 3.12. The minimum Gasteiger partial charge on any atom is -0.505 e. The Morgan fingerprint density at radius 1 is 1.33 bits per heavy atom. The third-order valence-electron chi connectivity index (χ3n) is 3.44. The smallest absolute Gasteiger partial charge is 0.330 e. The van der Waals surface area contributed by atoms with E-state index in [9.17, 15) is 9.90 Å². The molecule has 0 spiro atoms. The molecule has 0 aliphatic carbocycles. The topological polar surface area (TPSA) is 56.4 Å². The van der Waals surface area contributed by atoms with Gasteiger partial charge in [-0.2, -0.15) is 0 Å². The zero-order chi connectivity index (χ0) is 15.8. The maximum Gasteiger partial charge on any atom is 0.330 e. The SMILES string of the molecule is Cn1c(=O)n(COCC[Si](C)(C)C)c2ccc(Br)c(O)c21. The summed E-state index contributed by atoms with van der Waals surface area (Å²) in [5, 5.41) is 10.1. The van der Waals surface area contributed by atoms with E-state index in [0.717, 1.165) is 6.04 Å². The van der Waals surface area contributed by atoms with Crippen molar-refractivity contribution in [1.29, 1.82) is 0 Å². The summed E-state index contributed by atoms with van der Waals surface area (Å²) >= 11 is 3.27. The fourth-order valence-corrected chi connectivity index (χ4v) is 3.21. The van der Waals surface area contributed by atoms with Gasteiger partial charge in [0.15, 0.2) is 5.75 Å². The fraction of sp³-hybridized carbons (Fsp3) is 0.500. The number of rotatable bonds is 5. The quantitative estimate of drug-likeness (QED) is 0.647. The second-order valence-electron chi connectivity index (χ2n) is 6.38. The molecule has 1 N–H and O–H groups in total. The fourth-order valence-electron chi connectivity index (χ4n) is 2.13.